The second kappa shape index (κ2) is 8.12. The van der Waals surface area contributed by atoms with Crippen LogP contribution in [0.3, 0.4) is 0 Å². The Labute approximate surface area is 128 Å². The fourth-order valence-electron chi connectivity index (χ4n) is 2.18. The molecule has 0 unspecified atom stereocenters. The first-order valence-electron chi connectivity index (χ1n) is 7.12. The Balaban J connectivity index is 2.00. The van der Waals surface area contributed by atoms with Crippen LogP contribution in [0.5, 0.6) is 0 Å². The number of halogens is 2. The number of rotatable bonds is 6. The minimum absolute atomic E-state index is 0.0119. The van der Waals surface area contributed by atoms with Crippen LogP contribution in [0, 0.1) is 5.82 Å². The molecule has 0 saturated heterocycles. The fraction of sp³-hybridized carbons (Fsp3) is 0.235. The molecule has 0 aliphatic rings. The van der Waals surface area contributed by atoms with E-state index < -0.39 is 6.67 Å². The van der Waals surface area contributed by atoms with Crippen LogP contribution in [0.1, 0.15) is 5.56 Å². The molecule has 22 heavy (non-hydrogen) atoms. The maximum absolute atomic E-state index is 13.0. The highest BCUT2D eigenvalue weighted by Crippen LogP contribution is 2.24. The lowest BCUT2D eigenvalue weighted by atomic mass is 9.98. The van der Waals surface area contributed by atoms with E-state index in [-0.39, 0.29) is 18.4 Å². The maximum atomic E-state index is 13.0. The summed E-state index contributed by atoms with van der Waals surface area (Å²) in [4.78, 5) is 11.4. The number of benzene rings is 2. The Kier molecular flexibility index (Phi) is 5.89. The highest BCUT2D eigenvalue weighted by Gasteiger charge is 2.05. The summed E-state index contributed by atoms with van der Waals surface area (Å²) in [6.45, 7) is -0.130. The number of hydrogen-bond donors (Lipinski definition) is 2. The van der Waals surface area contributed by atoms with Gasteiger partial charge < -0.3 is 10.6 Å². The molecule has 5 heteroatoms. The third kappa shape index (κ3) is 4.55. The molecule has 2 aromatic carbocycles. The Hall–Kier alpha value is -2.43. The fourth-order valence-corrected chi connectivity index (χ4v) is 2.18. The molecule has 2 N–H and O–H groups in total. The summed E-state index contributed by atoms with van der Waals surface area (Å²) in [5.41, 5.74) is 2.99. The molecule has 0 aliphatic carbocycles. The van der Waals surface area contributed by atoms with Crippen LogP contribution in [-0.2, 0) is 6.42 Å². The van der Waals surface area contributed by atoms with Crippen LogP contribution in [0.4, 0.5) is 13.6 Å². The van der Waals surface area contributed by atoms with E-state index in [1.54, 1.807) is 12.1 Å². The Morgan fingerprint density at radius 1 is 0.955 bits per heavy atom. The molecule has 2 aromatic rings. The number of amides is 2. The Bertz CT molecular complexity index is 614. The predicted molar refractivity (Wildman–Crippen MR) is 82.9 cm³/mol. The van der Waals surface area contributed by atoms with Crippen molar-refractivity contribution in [1.29, 1.82) is 0 Å². The van der Waals surface area contributed by atoms with Gasteiger partial charge in [0.25, 0.3) is 0 Å². The summed E-state index contributed by atoms with van der Waals surface area (Å²) in [6.07, 6.45) is 0.636. The third-order valence-electron chi connectivity index (χ3n) is 3.23. The summed E-state index contributed by atoms with van der Waals surface area (Å²) < 4.78 is 25.0. The predicted octanol–water partition coefficient (Wildman–Crippen LogP) is 3.30. The Morgan fingerprint density at radius 3 is 2.36 bits per heavy atom. The molecule has 0 aliphatic heterocycles. The van der Waals surface area contributed by atoms with Gasteiger partial charge in [0.2, 0.25) is 0 Å². The molecule has 0 radical (unpaired) electrons. The van der Waals surface area contributed by atoms with Crippen LogP contribution in [0.2, 0.25) is 0 Å². The summed E-state index contributed by atoms with van der Waals surface area (Å²) >= 11 is 0. The highest BCUT2D eigenvalue weighted by atomic mass is 19.1. The second-order valence-corrected chi connectivity index (χ2v) is 4.79. The van der Waals surface area contributed by atoms with E-state index in [4.69, 9.17) is 0 Å². The maximum Gasteiger partial charge on any atom is 0.314 e. The molecule has 0 heterocycles. The van der Waals surface area contributed by atoms with E-state index in [9.17, 15) is 13.6 Å². The number of carbonyl (C=O) groups excluding carboxylic acids is 1. The van der Waals surface area contributed by atoms with Gasteiger partial charge in [0.05, 0.1) is 0 Å². The van der Waals surface area contributed by atoms with Crippen molar-refractivity contribution in [2.24, 2.45) is 0 Å². The molecule has 0 saturated carbocycles. The van der Waals surface area contributed by atoms with E-state index in [1.807, 2.05) is 24.3 Å². The zero-order chi connectivity index (χ0) is 15.8. The summed E-state index contributed by atoms with van der Waals surface area (Å²) in [6, 6.07) is 13.7. The van der Waals surface area contributed by atoms with Crippen LogP contribution in [0.25, 0.3) is 11.1 Å². The standard InChI is InChI=1S/C17H18F2N2O/c18-10-12-21-17(22)20-11-9-13-3-1-2-4-16(13)14-5-7-15(19)8-6-14/h1-8H,9-12H2,(H2,20,21,22). The first-order valence-corrected chi connectivity index (χ1v) is 7.12. The topological polar surface area (TPSA) is 41.1 Å². The highest BCUT2D eigenvalue weighted by molar-refractivity contribution is 5.74. The number of nitrogens with one attached hydrogen (secondary N) is 2. The molecule has 116 valence electrons. The normalized spacial score (nSPS) is 10.3. The SMILES string of the molecule is O=C(NCCF)NCCc1ccccc1-c1ccc(F)cc1. The van der Waals surface area contributed by atoms with Crippen molar-refractivity contribution >= 4 is 6.03 Å². The summed E-state index contributed by atoms with van der Waals surface area (Å²) in [5, 5.41) is 5.08. The molecule has 0 fully saturated rings. The monoisotopic (exact) mass is 304 g/mol. The van der Waals surface area contributed by atoms with Gasteiger partial charge in [0.15, 0.2) is 0 Å². The summed E-state index contributed by atoms with van der Waals surface area (Å²) in [5.74, 6) is -0.271. The van der Waals surface area contributed by atoms with Crippen molar-refractivity contribution in [3.8, 4) is 11.1 Å². The number of alkyl halides is 1. The quantitative estimate of drug-likeness (QED) is 0.844. The van der Waals surface area contributed by atoms with Gasteiger partial charge in [-0.05, 0) is 35.2 Å². The molecule has 0 aromatic heterocycles. The smallest absolute Gasteiger partial charge is 0.314 e. The van der Waals surface area contributed by atoms with Crippen molar-refractivity contribution < 1.29 is 13.6 Å². The van der Waals surface area contributed by atoms with E-state index >= 15 is 0 Å². The number of hydrogen-bond acceptors (Lipinski definition) is 1. The van der Waals surface area contributed by atoms with Crippen LogP contribution < -0.4 is 10.6 Å². The van der Waals surface area contributed by atoms with Gasteiger partial charge in [-0.3, -0.25) is 0 Å². The Morgan fingerprint density at radius 2 is 1.64 bits per heavy atom. The van der Waals surface area contributed by atoms with Crippen molar-refractivity contribution in [2.75, 3.05) is 19.8 Å². The van der Waals surface area contributed by atoms with Crippen molar-refractivity contribution in [2.45, 2.75) is 6.42 Å². The first kappa shape index (κ1) is 15.9. The lowest BCUT2D eigenvalue weighted by molar-refractivity contribution is 0.240. The van der Waals surface area contributed by atoms with Crippen molar-refractivity contribution in [3.63, 3.8) is 0 Å². The molecule has 0 atom stereocenters. The third-order valence-corrected chi connectivity index (χ3v) is 3.23. The average molecular weight is 304 g/mol. The lowest BCUT2D eigenvalue weighted by Gasteiger charge is -2.11. The minimum atomic E-state index is -0.583. The van der Waals surface area contributed by atoms with Crippen LogP contribution >= 0.6 is 0 Å². The van der Waals surface area contributed by atoms with E-state index in [0.29, 0.717) is 13.0 Å². The zero-order valence-corrected chi connectivity index (χ0v) is 12.1. The van der Waals surface area contributed by atoms with Gasteiger partial charge in [0, 0.05) is 13.1 Å². The van der Waals surface area contributed by atoms with Crippen LogP contribution in [0.15, 0.2) is 48.5 Å². The first-order chi connectivity index (χ1) is 10.7. The van der Waals surface area contributed by atoms with Crippen molar-refractivity contribution in [3.05, 3.63) is 59.9 Å². The summed E-state index contributed by atoms with van der Waals surface area (Å²) in [7, 11) is 0. The van der Waals surface area contributed by atoms with Gasteiger partial charge in [-0.25, -0.2) is 13.6 Å². The van der Waals surface area contributed by atoms with Crippen molar-refractivity contribution in [1.82, 2.24) is 10.6 Å². The van der Waals surface area contributed by atoms with E-state index in [0.717, 1.165) is 16.7 Å². The lowest BCUT2D eigenvalue weighted by Crippen LogP contribution is -2.37. The number of urea groups is 1. The molecule has 0 spiro atoms. The van der Waals surface area contributed by atoms with Gasteiger partial charge in [-0.15, -0.1) is 0 Å². The molecule has 2 rings (SSSR count). The molecule has 0 bridgehead atoms. The van der Waals surface area contributed by atoms with E-state index in [1.165, 1.54) is 12.1 Å². The van der Waals surface area contributed by atoms with Gasteiger partial charge in [-0.1, -0.05) is 36.4 Å². The second-order valence-electron chi connectivity index (χ2n) is 4.79. The molecule has 2 amide bonds. The van der Waals surface area contributed by atoms with Gasteiger partial charge in [-0.2, -0.15) is 0 Å². The van der Waals surface area contributed by atoms with Crippen LogP contribution in [-0.4, -0.2) is 25.8 Å². The zero-order valence-electron chi connectivity index (χ0n) is 12.1. The number of carbonyl (C=O) groups is 1. The van der Waals surface area contributed by atoms with Gasteiger partial charge in [0.1, 0.15) is 12.5 Å². The molecular formula is C17H18F2N2O. The minimum Gasteiger partial charge on any atom is -0.338 e. The molecular weight excluding hydrogens is 286 g/mol. The largest absolute Gasteiger partial charge is 0.338 e. The molecule has 3 nitrogen and oxygen atoms in total. The van der Waals surface area contributed by atoms with Gasteiger partial charge >= 0.3 is 6.03 Å². The average Bonchev–Trinajstić information content (AvgIpc) is 2.54. The van der Waals surface area contributed by atoms with E-state index in [2.05, 4.69) is 10.6 Å².